The molecule has 116 valence electrons. The van der Waals surface area contributed by atoms with Crippen molar-refractivity contribution in [2.75, 3.05) is 26.7 Å². The highest BCUT2D eigenvalue weighted by atomic mass is 19.1. The predicted octanol–water partition coefficient (Wildman–Crippen LogP) is 2.56. The number of rotatable bonds is 5. The fourth-order valence-corrected chi connectivity index (χ4v) is 2.68. The fourth-order valence-electron chi connectivity index (χ4n) is 2.68. The Hall–Kier alpha value is -1.53. The zero-order valence-electron chi connectivity index (χ0n) is 12.6. The third-order valence-corrected chi connectivity index (χ3v) is 4.23. The van der Waals surface area contributed by atoms with Crippen LogP contribution in [0.1, 0.15) is 25.3 Å². The van der Waals surface area contributed by atoms with E-state index in [1.165, 1.54) is 12.1 Å². The van der Waals surface area contributed by atoms with Gasteiger partial charge in [-0.2, -0.15) is 0 Å². The van der Waals surface area contributed by atoms with Gasteiger partial charge in [-0.1, -0.05) is 6.92 Å². The van der Waals surface area contributed by atoms with Crippen molar-refractivity contribution in [1.29, 1.82) is 0 Å². The van der Waals surface area contributed by atoms with Crippen molar-refractivity contribution in [2.45, 2.75) is 26.3 Å². The number of hydrogen-bond acceptors (Lipinski definition) is 4. The SMILES string of the molecule is CN1CCC(C)(CNCc2cc(F)cc([N+](=O)[O-])c2)CC1. The van der Waals surface area contributed by atoms with Crippen LogP contribution in [0.25, 0.3) is 0 Å². The molecule has 2 rings (SSSR count). The molecule has 0 unspecified atom stereocenters. The molecule has 5 nitrogen and oxygen atoms in total. The molecule has 1 fully saturated rings. The summed E-state index contributed by atoms with van der Waals surface area (Å²) in [4.78, 5) is 12.5. The summed E-state index contributed by atoms with van der Waals surface area (Å²) in [5.74, 6) is -0.563. The number of hydrogen-bond donors (Lipinski definition) is 1. The summed E-state index contributed by atoms with van der Waals surface area (Å²) in [5.41, 5.74) is 0.654. The molecule has 1 aromatic rings. The van der Waals surface area contributed by atoms with Gasteiger partial charge in [-0.05, 0) is 50.0 Å². The Bertz CT molecular complexity index is 514. The molecule has 1 N–H and O–H groups in total. The Labute approximate surface area is 124 Å². The van der Waals surface area contributed by atoms with E-state index in [1.54, 1.807) is 0 Å². The lowest BCUT2D eigenvalue weighted by Gasteiger charge is -2.38. The van der Waals surface area contributed by atoms with Gasteiger partial charge in [-0.15, -0.1) is 0 Å². The van der Waals surface area contributed by atoms with Gasteiger partial charge in [0.25, 0.3) is 5.69 Å². The molecule has 21 heavy (non-hydrogen) atoms. The maximum absolute atomic E-state index is 13.4. The molecular formula is C15H22FN3O2. The smallest absolute Gasteiger partial charge is 0.272 e. The summed E-state index contributed by atoms with van der Waals surface area (Å²) in [6.07, 6.45) is 2.25. The van der Waals surface area contributed by atoms with Gasteiger partial charge in [0.1, 0.15) is 5.82 Å². The number of nitro groups is 1. The Balaban J connectivity index is 1.90. The number of nitrogens with zero attached hydrogens (tertiary/aromatic N) is 2. The van der Waals surface area contributed by atoms with Crippen LogP contribution in [0.2, 0.25) is 0 Å². The Morgan fingerprint density at radius 2 is 2.05 bits per heavy atom. The number of nitrogens with one attached hydrogen (secondary N) is 1. The zero-order valence-corrected chi connectivity index (χ0v) is 12.6. The molecule has 1 aromatic carbocycles. The van der Waals surface area contributed by atoms with Crippen LogP contribution in [0.5, 0.6) is 0 Å². The lowest BCUT2D eigenvalue weighted by molar-refractivity contribution is -0.385. The van der Waals surface area contributed by atoms with E-state index in [2.05, 4.69) is 24.2 Å². The van der Waals surface area contributed by atoms with Gasteiger partial charge in [-0.3, -0.25) is 10.1 Å². The number of halogens is 1. The van der Waals surface area contributed by atoms with Crippen LogP contribution in [0.15, 0.2) is 18.2 Å². The quantitative estimate of drug-likeness (QED) is 0.670. The second kappa shape index (κ2) is 6.49. The Kier molecular flexibility index (Phi) is 4.90. The molecule has 6 heteroatoms. The lowest BCUT2D eigenvalue weighted by Crippen LogP contribution is -2.41. The molecule has 0 aromatic heterocycles. The molecule has 0 radical (unpaired) electrons. The van der Waals surface area contributed by atoms with Crippen molar-refractivity contribution in [3.8, 4) is 0 Å². The van der Waals surface area contributed by atoms with Crippen molar-refractivity contribution >= 4 is 5.69 Å². The third kappa shape index (κ3) is 4.47. The first kappa shape index (κ1) is 15.9. The number of benzene rings is 1. The molecule has 1 aliphatic heterocycles. The van der Waals surface area contributed by atoms with Crippen molar-refractivity contribution in [2.24, 2.45) is 5.41 Å². The predicted molar refractivity (Wildman–Crippen MR) is 79.6 cm³/mol. The monoisotopic (exact) mass is 295 g/mol. The van der Waals surface area contributed by atoms with Gasteiger partial charge in [0.05, 0.1) is 11.0 Å². The minimum Gasteiger partial charge on any atom is -0.312 e. The van der Waals surface area contributed by atoms with Crippen molar-refractivity contribution in [1.82, 2.24) is 10.2 Å². The van der Waals surface area contributed by atoms with Crippen LogP contribution in [0.4, 0.5) is 10.1 Å². The number of piperidine rings is 1. The maximum Gasteiger partial charge on any atom is 0.272 e. The van der Waals surface area contributed by atoms with E-state index in [0.29, 0.717) is 12.1 Å². The maximum atomic E-state index is 13.4. The van der Waals surface area contributed by atoms with Gasteiger partial charge >= 0.3 is 0 Å². The first-order valence-electron chi connectivity index (χ1n) is 7.21. The topological polar surface area (TPSA) is 58.4 Å². The summed E-state index contributed by atoms with van der Waals surface area (Å²) in [6.45, 7) is 5.71. The second-order valence-corrected chi connectivity index (χ2v) is 6.29. The minimum atomic E-state index is -0.565. The largest absolute Gasteiger partial charge is 0.312 e. The summed E-state index contributed by atoms with van der Waals surface area (Å²) < 4.78 is 13.4. The standard InChI is InChI=1S/C15H22FN3O2/c1-15(3-5-18(2)6-4-15)11-17-10-12-7-13(16)9-14(8-12)19(20)21/h7-9,17H,3-6,10-11H2,1-2H3. The van der Waals surface area contributed by atoms with E-state index in [9.17, 15) is 14.5 Å². The third-order valence-electron chi connectivity index (χ3n) is 4.23. The summed E-state index contributed by atoms with van der Waals surface area (Å²) in [5, 5.41) is 14.0. The average Bonchev–Trinajstić information content (AvgIpc) is 2.42. The fraction of sp³-hybridized carbons (Fsp3) is 0.600. The average molecular weight is 295 g/mol. The van der Waals surface area contributed by atoms with E-state index in [4.69, 9.17) is 0 Å². The number of non-ortho nitro benzene ring substituents is 1. The van der Waals surface area contributed by atoms with Crippen molar-refractivity contribution < 1.29 is 9.31 Å². The first-order chi connectivity index (χ1) is 9.88. The molecular weight excluding hydrogens is 273 g/mol. The van der Waals surface area contributed by atoms with Crippen molar-refractivity contribution in [3.05, 3.63) is 39.7 Å². The van der Waals surface area contributed by atoms with E-state index < -0.39 is 10.7 Å². The Morgan fingerprint density at radius 1 is 1.38 bits per heavy atom. The molecule has 1 heterocycles. The zero-order chi connectivity index (χ0) is 15.5. The van der Waals surface area contributed by atoms with Crippen LogP contribution < -0.4 is 5.32 Å². The van der Waals surface area contributed by atoms with Crippen LogP contribution in [0, 0.1) is 21.3 Å². The summed E-state index contributed by atoms with van der Waals surface area (Å²) >= 11 is 0. The van der Waals surface area contributed by atoms with E-state index in [-0.39, 0.29) is 11.1 Å². The number of nitro benzene ring substituents is 1. The van der Waals surface area contributed by atoms with Crippen LogP contribution in [0.3, 0.4) is 0 Å². The van der Waals surface area contributed by atoms with Crippen LogP contribution >= 0.6 is 0 Å². The van der Waals surface area contributed by atoms with Gasteiger partial charge in [-0.25, -0.2) is 4.39 Å². The second-order valence-electron chi connectivity index (χ2n) is 6.29. The van der Waals surface area contributed by atoms with Crippen molar-refractivity contribution in [3.63, 3.8) is 0 Å². The highest BCUT2D eigenvalue weighted by Gasteiger charge is 2.28. The highest BCUT2D eigenvalue weighted by molar-refractivity contribution is 5.35. The van der Waals surface area contributed by atoms with Crippen LogP contribution in [-0.2, 0) is 6.54 Å². The molecule has 1 saturated heterocycles. The highest BCUT2D eigenvalue weighted by Crippen LogP contribution is 2.29. The molecule has 0 saturated carbocycles. The normalized spacial score (nSPS) is 18.6. The first-order valence-corrected chi connectivity index (χ1v) is 7.21. The summed E-state index contributed by atoms with van der Waals surface area (Å²) in [7, 11) is 2.12. The molecule has 0 atom stereocenters. The molecule has 0 aliphatic carbocycles. The Morgan fingerprint density at radius 3 is 2.67 bits per heavy atom. The molecule has 0 spiro atoms. The summed E-state index contributed by atoms with van der Waals surface area (Å²) in [6, 6.07) is 3.71. The van der Waals surface area contributed by atoms with E-state index in [0.717, 1.165) is 38.5 Å². The van der Waals surface area contributed by atoms with Gasteiger partial charge in [0.15, 0.2) is 0 Å². The van der Waals surface area contributed by atoms with Gasteiger partial charge in [0.2, 0.25) is 0 Å². The molecule has 1 aliphatic rings. The molecule has 0 amide bonds. The van der Waals surface area contributed by atoms with Gasteiger partial charge < -0.3 is 10.2 Å². The molecule has 0 bridgehead atoms. The minimum absolute atomic E-state index is 0.197. The number of likely N-dealkylation sites (tertiary alicyclic amines) is 1. The van der Waals surface area contributed by atoms with E-state index >= 15 is 0 Å². The van der Waals surface area contributed by atoms with Crippen LogP contribution in [-0.4, -0.2) is 36.5 Å². The lowest BCUT2D eigenvalue weighted by atomic mass is 9.80. The van der Waals surface area contributed by atoms with E-state index in [1.807, 2.05) is 0 Å². The van der Waals surface area contributed by atoms with Gasteiger partial charge in [0, 0.05) is 19.2 Å².